The Balaban J connectivity index is 1.57. The van der Waals surface area contributed by atoms with Crippen molar-refractivity contribution in [1.82, 2.24) is 19.4 Å². The molecule has 0 N–H and O–H groups in total. The van der Waals surface area contributed by atoms with Crippen LogP contribution in [0, 0.1) is 0 Å². The van der Waals surface area contributed by atoms with Crippen molar-refractivity contribution >= 4 is 16.9 Å². The second kappa shape index (κ2) is 8.15. The van der Waals surface area contributed by atoms with Gasteiger partial charge in [0.2, 0.25) is 5.91 Å². The van der Waals surface area contributed by atoms with Gasteiger partial charge in [0.25, 0.3) is 0 Å². The van der Waals surface area contributed by atoms with E-state index in [9.17, 15) is 4.79 Å². The Kier molecular flexibility index (Phi) is 5.44. The number of carbonyl (C=O) groups excluding carboxylic acids is 1. The van der Waals surface area contributed by atoms with Crippen LogP contribution in [0.15, 0.2) is 54.6 Å². The average molecular weight is 377 g/mol. The van der Waals surface area contributed by atoms with Crippen molar-refractivity contribution in [3.63, 3.8) is 0 Å². The Hall–Kier alpha value is -2.66. The Morgan fingerprint density at radius 2 is 1.82 bits per heavy atom. The van der Waals surface area contributed by atoms with Gasteiger partial charge in [0, 0.05) is 32.0 Å². The molecule has 5 heteroatoms. The molecule has 2 heterocycles. The molecular formula is C23H28N4O. The van der Waals surface area contributed by atoms with Crippen molar-refractivity contribution in [3.05, 3.63) is 66.0 Å². The molecule has 0 saturated carbocycles. The molecule has 0 spiro atoms. The largest absolute Gasteiger partial charge is 0.338 e. The maximum absolute atomic E-state index is 12.7. The van der Waals surface area contributed by atoms with Gasteiger partial charge in [-0.2, -0.15) is 0 Å². The fraction of sp³-hybridized carbons (Fsp3) is 0.391. The average Bonchev–Trinajstić information content (AvgIpc) is 3.23. The number of amides is 1. The molecule has 1 atom stereocenters. The zero-order valence-electron chi connectivity index (χ0n) is 16.7. The molecule has 1 aliphatic rings. The van der Waals surface area contributed by atoms with Crippen LogP contribution >= 0.6 is 0 Å². The van der Waals surface area contributed by atoms with Gasteiger partial charge in [0.05, 0.1) is 11.0 Å². The standard InChI is InChI=1S/C23H28N4O/c1-25(2)13-8-14-27-21-12-7-6-11-20(21)24-23(27)19-15-22(28)26(17-19)16-18-9-4-3-5-10-18/h3-7,9-12,19H,8,13-17H2,1-2H3/t19-/m1/s1. The summed E-state index contributed by atoms with van der Waals surface area (Å²) in [6.07, 6.45) is 1.61. The predicted molar refractivity (Wildman–Crippen MR) is 112 cm³/mol. The zero-order valence-corrected chi connectivity index (χ0v) is 16.7. The molecule has 0 bridgehead atoms. The summed E-state index contributed by atoms with van der Waals surface area (Å²) in [5, 5.41) is 0. The third-order valence-electron chi connectivity index (χ3n) is 5.47. The molecule has 1 aromatic heterocycles. The molecule has 1 saturated heterocycles. The highest BCUT2D eigenvalue weighted by Crippen LogP contribution is 2.31. The molecular weight excluding hydrogens is 348 g/mol. The number of likely N-dealkylation sites (tertiary alicyclic amines) is 1. The maximum Gasteiger partial charge on any atom is 0.223 e. The van der Waals surface area contributed by atoms with E-state index < -0.39 is 0 Å². The summed E-state index contributed by atoms with van der Waals surface area (Å²) in [4.78, 5) is 21.8. The monoisotopic (exact) mass is 376 g/mol. The SMILES string of the molecule is CN(C)CCCn1c([C@@H]2CC(=O)N(Cc3ccccc3)C2)nc2ccccc21. The molecule has 2 aromatic carbocycles. The van der Waals surface area contributed by atoms with Gasteiger partial charge in [0.15, 0.2) is 0 Å². The van der Waals surface area contributed by atoms with Crippen LogP contribution in [0.2, 0.25) is 0 Å². The summed E-state index contributed by atoms with van der Waals surface area (Å²) in [5.41, 5.74) is 3.37. The van der Waals surface area contributed by atoms with Crippen LogP contribution in [0.5, 0.6) is 0 Å². The van der Waals surface area contributed by atoms with E-state index in [1.165, 1.54) is 11.1 Å². The molecule has 3 aromatic rings. The molecule has 0 radical (unpaired) electrons. The fourth-order valence-corrected chi connectivity index (χ4v) is 4.09. The number of benzene rings is 2. The maximum atomic E-state index is 12.7. The number of carbonyl (C=O) groups is 1. The normalized spacial score (nSPS) is 17.2. The van der Waals surface area contributed by atoms with E-state index in [1.54, 1.807) is 0 Å². The summed E-state index contributed by atoms with van der Waals surface area (Å²) in [6.45, 7) is 3.38. The van der Waals surface area contributed by atoms with Crippen LogP contribution in [0.25, 0.3) is 11.0 Å². The number of imidazole rings is 1. The van der Waals surface area contributed by atoms with Gasteiger partial charge in [-0.1, -0.05) is 42.5 Å². The first-order valence-corrected chi connectivity index (χ1v) is 10.0. The number of rotatable bonds is 7. The van der Waals surface area contributed by atoms with E-state index in [2.05, 4.69) is 53.9 Å². The first-order chi connectivity index (χ1) is 13.6. The Bertz CT molecular complexity index is 948. The van der Waals surface area contributed by atoms with E-state index in [0.717, 1.165) is 37.4 Å². The number of fused-ring (bicyclic) bond motifs is 1. The highest BCUT2D eigenvalue weighted by molar-refractivity contribution is 5.81. The van der Waals surface area contributed by atoms with Crippen molar-refractivity contribution in [3.8, 4) is 0 Å². The van der Waals surface area contributed by atoms with Gasteiger partial charge in [-0.05, 0) is 44.8 Å². The number of aromatic nitrogens is 2. The number of hydrogen-bond donors (Lipinski definition) is 0. The first-order valence-electron chi connectivity index (χ1n) is 10.0. The number of para-hydroxylation sites is 2. The highest BCUT2D eigenvalue weighted by Gasteiger charge is 2.33. The summed E-state index contributed by atoms with van der Waals surface area (Å²) in [7, 11) is 4.20. The molecule has 4 rings (SSSR count). The second-order valence-electron chi connectivity index (χ2n) is 7.93. The van der Waals surface area contributed by atoms with Crippen molar-refractivity contribution in [2.45, 2.75) is 31.8 Å². The lowest BCUT2D eigenvalue weighted by atomic mass is 10.1. The third kappa shape index (κ3) is 3.94. The summed E-state index contributed by atoms with van der Waals surface area (Å²) in [5.74, 6) is 1.44. The molecule has 1 aliphatic heterocycles. The Morgan fingerprint density at radius 1 is 1.07 bits per heavy atom. The lowest BCUT2D eigenvalue weighted by Crippen LogP contribution is -2.24. The van der Waals surface area contributed by atoms with Crippen molar-refractivity contribution in [1.29, 1.82) is 0 Å². The molecule has 1 fully saturated rings. The number of nitrogens with zero attached hydrogens (tertiary/aromatic N) is 4. The minimum atomic E-state index is 0.156. The van der Waals surface area contributed by atoms with E-state index in [-0.39, 0.29) is 11.8 Å². The first kappa shape index (κ1) is 18.7. The van der Waals surface area contributed by atoms with E-state index in [0.29, 0.717) is 13.0 Å². The number of hydrogen-bond acceptors (Lipinski definition) is 3. The van der Waals surface area contributed by atoms with Crippen LogP contribution in [0.1, 0.15) is 30.1 Å². The Labute approximate surface area is 166 Å². The van der Waals surface area contributed by atoms with Crippen LogP contribution in [0.4, 0.5) is 0 Å². The van der Waals surface area contributed by atoms with Gasteiger partial charge in [-0.25, -0.2) is 4.98 Å². The van der Waals surface area contributed by atoms with Crippen LogP contribution in [-0.4, -0.2) is 52.4 Å². The van der Waals surface area contributed by atoms with Crippen LogP contribution in [0.3, 0.4) is 0 Å². The minimum Gasteiger partial charge on any atom is -0.338 e. The summed E-state index contributed by atoms with van der Waals surface area (Å²) in [6, 6.07) is 18.5. The molecule has 28 heavy (non-hydrogen) atoms. The lowest BCUT2D eigenvalue weighted by Gasteiger charge is -2.18. The van der Waals surface area contributed by atoms with Crippen molar-refractivity contribution < 1.29 is 4.79 Å². The second-order valence-corrected chi connectivity index (χ2v) is 7.93. The Morgan fingerprint density at radius 3 is 2.61 bits per heavy atom. The third-order valence-corrected chi connectivity index (χ3v) is 5.47. The quantitative estimate of drug-likeness (QED) is 0.634. The summed E-state index contributed by atoms with van der Waals surface area (Å²) >= 11 is 0. The predicted octanol–water partition coefficient (Wildman–Crippen LogP) is 3.50. The van der Waals surface area contributed by atoms with Gasteiger partial charge in [-0.3, -0.25) is 4.79 Å². The molecule has 146 valence electrons. The molecule has 0 unspecified atom stereocenters. The van der Waals surface area contributed by atoms with Gasteiger partial charge < -0.3 is 14.4 Å². The lowest BCUT2D eigenvalue weighted by molar-refractivity contribution is -0.128. The van der Waals surface area contributed by atoms with E-state index >= 15 is 0 Å². The van der Waals surface area contributed by atoms with Gasteiger partial charge in [0.1, 0.15) is 5.82 Å². The van der Waals surface area contributed by atoms with Crippen LogP contribution < -0.4 is 0 Å². The number of aryl methyl sites for hydroxylation is 1. The smallest absolute Gasteiger partial charge is 0.223 e. The van der Waals surface area contributed by atoms with E-state index in [1.807, 2.05) is 29.2 Å². The van der Waals surface area contributed by atoms with Gasteiger partial charge in [-0.15, -0.1) is 0 Å². The highest BCUT2D eigenvalue weighted by atomic mass is 16.2. The molecule has 5 nitrogen and oxygen atoms in total. The zero-order chi connectivity index (χ0) is 19.5. The fourth-order valence-electron chi connectivity index (χ4n) is 4.09. The minimum absolute atomic E-state index is 0.156. The van der Waals surface area contributed by atoms with Crippen molar-refractivity contribution in [2.75, 3.05) is 27.2 Å². The molecule has 1 amide bonds. The topological polar surface area (TPSA) is 41.4 Å². The van der Waals surface area contributed by atoms with Crippen molar-refractivity contribution in [2.24, 2.45) is 0 Å². The molecule has 0 aliphatic carbocycles. The summed E-state index contributed by atoms with van der Waals surface area (Å²) < 4.78 is 2.34. The van der Waals surface area contributed by atoms with Gasteiger partial charge >= 0.3 is 0 Å². The van der Waals surface area contributed by atoms with E-state index in [4.69, 9.17) is 4.98 Å². The van der Waals surface area contributed by atoms with Crippen LogP contribution in [-0.2, 0) is 17.9 Å².